The van der Waals surface area contributed by atoms with Crippen molar-refractivity contribution < 1.29 is 14.3 Å². The molecule has 110 valence electrons. The predicted octanol–water partition coefficient (Wildman–Crippen LogP) is 2.24. The normalized spacial score (nSPS) is 11.1. The summed E-state index contributed by atoms with van der Waals surface area (Å²) < 4.78 is 4.71. The lowest BCUT2D eigenvalue weighted by Crippen LogP contribution is -2.50. The van der Waals surface area contributed by atoms with Crippen LogP contribution >= 0.6 is 0 Å². The summed E-state index contributed by atoms with van der Waals surface area (Å²) in [7, 11) is 1.33. The molecule has 5 nitrogen and oxygen atoms in total. The molecule has 0 aliphatic heterocycles. The zero-order valence-corrected chi connectivity index (χ0v) is 12.4. The molecule has 0 saturated carbocycles. The van der Waals surface area contributed by atoms with Crippen LogP contribution in [0.25, 0.3) is 0 Å². The van der Waals surface area contributed by atoms with Gasteiger partial charge in [0.25, 0.3) is 0 Å². The smallest absolute Gasteiger partial charge is 0.338 e. The number of ether oxygens (including phenoxy) is 1. The molecule has 0 atom stereocenters. The fourth-order valence-electron chi connectivity index (χ4n) is 1.92. The number of esters is 1. The Morgan fingerprint density at radius 3 is 2.40 bits per heavy atom. The van der Waals surface area contributed by atoms with Crippen LogP contribution < -0.4 is 11.1 Å². The van der Waals surface area contributed by atoms with Gasteiger partial charge >= 0.3 is 5.97 Å². The minimum Gasteiger partial charge on any atom is -0.465 e. The van der Waals surface area contributed by atoms with E-state index in [0.717, 1.165) is 0 Å². The molecule has 0 aliphatic carbocycles. The van der Waals surface area contributed by atoms with E-state index in [2.05, 4.69) is 5.32 Å². The number of rotatable bonds is 5. The third-order valence-corrected chi connectivity index (χ3v) is 3.70. The topological polar surface area (TPSA) is 81.4 Å². The number of carbonyl (C=O) groups excluding carboxylic acids is 2. The minimum atomic E-state index is -0.895. The minimum absolute atomic E-state index is 0.243. The number of benzene rings is 1. The number of hydrogen-bond donors (Lipinski definition) is 2. The van der Waals surface area contributed by atoms with E-state index in [4.69, 9.17) is 10.5 Å². The van der Waals surface area contributed by atoms with Crippen LogP contribution in [0.15, 0.2) is 18.2 Å². The molecule has 5 heteroatoms. The molecular formula is C15H22N2O3. The number of methoxy groups -OCH3 is 1. The second-order valence-corrected chi connectivity index (χ2v) is 4.79. The van der Waals surface area contributed by atoms with E-state index in [1.807, 2.05) is 13.8 Å². The highest BCUT2D eigenvalue weighted by Gasteiger charge is 2.30. The summed E-state index contributed by atoms with van der Waals surface area (Å²) in [5.41, 5.74) is 6.84. The molecule has 1 aromatic carbocycles. The van der Waals surface area contributed by atoms with Crippen LogP contribution in [-0.4, -0.2) is 24.5 Å². The van der Waals surface area contributed by atoms with E-state index >= 15 is 0 Å². The Hall–Kier alpha value is -1.88. The first-order valence-corrected chi connectivity index (χ1v) is 6.67. The molecule has 1 rings (SSSR count). The highest BCUT2D eigenvalue weighted by molar-refractivity contribution is 6.00. The predicted molar refractivity (Wildman–Crippen MR) is 78.6 cm³/mol. The van der Waals surface area contributed by atoms with Crippen LogP contribution in [0, 0.1) is 6.92 Å². The average molecular weight is 278 g/mol. The summed E-state index contributed by atoms with van der Waals surface area (Å²) in [5.74, 6) is -0.670. The van der Waals surface area contributed by atoms with Crippen molar-refractivity contribution >= 4 is 17.6 Å². The zero-order chi connectivity index (χ0) is 15.3. The summed E-state index contributed by atoms with van der Waals surface area (Å²) in [5, 5.41) is 2.80. The first-order valence-electron chi connectivity index (χ1n) is 6.67. The molecule has 20 heavy (non-hydrogen) atoms. The Balaban J connectivity index is 3.05. The van der Waals surface area contributed by atoms with E-state index in [0.29, 0.717) is 29.7 Å². The van der Waals surface area contributed by atoms with Gasteiger partial charge in [0.2, 0.25) is 5.91 Å². The molecule has 1 aromatic rings. The highest BCUT2D eigenvalue weighted by atomic mass is 16.5. The standard InChI is InChI=1S/C15H22N2O3/c1-5-15(16,6-2)14(19)17-12-9-7-8-11(10(12)3)13(18)20-4/h7-9H,5-6,16H2,1-4H3,(H,17,19). The van der Waals surface area contributed by atoms with Gasteiger partial charge in [-0.2, -0.15) is 0 Å². The Labute approximate surface area is 119 Å². The third kappa shape index (κ3) is 3.17. The van der Waals surface area contributed by atoms with Gasteiger partial charge in [-0.25, -0.2) is 4.79 Å². The molecule has 0 unspecified atom stereocenters. The van der Waals surface area contributed by atoms with E-state index in [1.54, 1.807) is 25.1 Å². The number of amides is 1. The lowest BCUT2D eigenvalue weighted by molar-refractivity contribution is -0.121. The van der Waals surface area contributed by atoms with Gasteiger partial charge in [-0.1, -0.05) is 19.9 Å². The maximum atomic E-state index is 12.2. The Bertz CT molecular complexity index is 508. The van der Waals surface area contributed by atoms with Crippen molar-refractivity contribution in [3.05, 3.63) is 29.3 Å². The van der Waals surface area contributed by atoms with Gasteiger partial charge in [-0.3, -0.25) is 4.79 Å². The average Bonchev–Trinajstić information content (AvgIpc) is 2.47. The van der Waals surface area contributed by atoms with Gasteiger partial charge < -0.3 is 15.8 Å². The van der Waals surface area contributed by atoms with Crippen molar-refractivity contribution in [1.29, 1.82) is 0 Å². The number of nitrogens with one attached hydrogen (secondary N) is 1. The SMILES string of the molecule is CCC(N)(CC)C(=O)Nc1cccc(C(=O)OC)c1C. The van der Waals surface area contributed by atoms with E-state index < -0.39 is 11.5 Å². The van der Waals surface area contributed by atoms with Crippen molar-refractivity contribution in [1.82, 2.24) is 0 Å². The van der Waals surface area contributed by atoms with Gasteiger partial charge in [-0.05, 0) is 37.5 Å². The van der Waals surface area contributed by atoms with Crippen molar-refractivity contribution in [3.8, 4) is 0 Å². The van der Waals surface area contributed by atoms with Gasteiger partial charge in [0.05, 0.1) is 18.2 Å². The Kier molecular flexibility index (Phi) is 5.27. The molecule has 0 spiro atoms. The zero-order valence-electron chi connectivity index (χ0n) is 12.4. The molecule has 0 fully saturated rings. The molecule has 0 radical (unpaired) electrons. The third-order valence-electron chi connectivity index (χ3n) is 3.70. The summed E-state index contributed by atoms with van der Waals surface area (Å²) in [6.07, 6.45) is 1.09. The van der Waals surface area contributed by atoms with Gasteiger partial charge in [0.15, 0.2) is 0 Å². The largest absolute Gasteiger partial charge is 0.465 e. The number of anilines is 1. The van der Waals surface area contributed by atoms with Crippen molar-refractivity contribution in [3.63, 3.8) is 0 Å². The summed E-state index contributed by atoms with van der Waals surface area (Å²) >= 11 is 0. The van der Waals surface area contributed by atoms with E-state index in [9.17, 15) is 9.59 Å². The van der Waals surface area contributed by atoms with Crippen LogP contribution in [0.2, 0.25) is 0 Å². The van der Waals surface area contributed by atoms with Crippen molar-refractivity contribution in [2.24, 2.45) is 5.73 Å². The lowest BCUT2D eigenvalue weighted by atomic mass is 9.93. The Morgan fingerprint density at radius 1 is 1.30 bits per heavy atom. The number of hydrogen-bond acceptors (Lipinski definition) is 4. The van der Waals surface area contributed by atoms with Gasteiger partial charge in [0.1, 0.15) is 0 Å². The number of nitrogens with two attached hydrogens (primary N) is 1. The van der Waals surface area contributed by atoms with Crippen LogP contribution in [0.4, 0.5) is 5.69 Å². The first kappa shape index (κ1) is 16.2. The van der Waals surface area contributed by atoms with Crippen LogP contribution in [0.1, 0.15) is 42.6 Å². The van der Waals surface area contributed by atoms with Crippen LogP contribution in [0.5, 0.6) is 0 Å². The summed E-state index contributed by atoms with van der Waals surface area (Å²) in [6.45, 7) is 5.51. The van der Waals surface area contributed by atoms with Crippen molar-refractivity contribution in [2.75, 3.05) is 12.4 Å². The van der Waals surface area contributed by atoms with E-state index in [-0.39, 0.29) is 5.91 Å². The molecule has 0 bridgehead atoms. The lowest BCUT2D eigenvalue weighted by Gasteiger charge is -2.25. The molecule has 3 N–H and O–H groups in total. The van der Waals surface area contributed by atoms with Crippen LogP contribution in [-0.2, 0) is 9.53 Å². The second-order valence-electron chi connectivity index (χ2n) is 4.79. The second kappa shape index (κ2) is 6.52. The monoisotopic (exact) mass is 278 g/mol. The highest BCUT2D eigenvalue weighted by Crippen LogP contribution is 2.22. The van der Waals surface area contributed by atoms with Crippen molar-refractivity contribution in [2.45, 2.75) is 39.2 Å². The van der Waals surface area contributed by atoms with Crippen LogP contribution in [0.3, 0.4) is 0 Å². The fraction of sp³-hybridized carbons (Fsp3) is 0.467. The number of carbonyl (C=O) groups is 2. The first-order chi connectivity index (χ1) is 9.39. The summed E-state index contributed by atoms with van der Waals surface area (Å²) in [4.78, 5) is 23.9. The van der Waals surface area contributed by atoms with Gasteiger partial charge in [0, 0.05) is 5.69 Å². The molecule has 0 aromatic heterocycles. The molecule has 1 amide bonds. The van der Waals surface area contributed by atoms with Gasteiger partial charge in [-0.15, -0.1) is 0 Å². The van der Waals surface area contributed by atoms with E-state index in [1.165, 1.54) is 7.11 Å². The maximum Gasteiger partial charge on any atom is 0.338 e. The molecular weight excluding hydrogens is 256 g/mol. The summed E-state index contributed by atoms with van der Waals surface area (Å²) in [6, 6.07) is 5.10. The fourth-order valence-corrected chi connectivity index (χ4v) is 1.92. The quantitative estimate of drug-likeness (QED) is 0.809. The molecule has 0 aliphatic rings. The molecule has 0 saturated heterocycles. The molecule has 0 heterocycles. The maximum absolute atomic E-state index is 12.2. The Morgan fingerprint density at radius 2 is 1.90 bits per heavy atom.